The van der Waals surface area contributed by atoms with Crippen molar-refractivity contribution in [3.05, 3.63) is 58.0 Å². The van der Waals surface area contributed by atoms with Gasteiger partial charge in [0.25, 0.3) is 0 Å². The van der Waals surface area contributed by atoms with E-state index in [-0.39, 0.29) is 16.5 Å². The predicted octanol–water partition coefficient (Wildman–Crippen LogP) is 5.17. The molecule has 3 aromatic rings. The fourth-order valence-corrected chi connectivity index (χ4v) is 6.34. The molecule has 5 rings (SSSR count). The zero-order valence-corrected chi connectivity index (χ0v) is 22.0. The summed E-state index contributed by atoms with van der Waals surface area (Å²) in [6.45, 7) is 5.70. The number of carbonyl (C=O) groups excluding carboxylic acids is 1. The van der Waals surface area contributed by atoms with Crippen LogP contribution in [-0.2, 0) is 22.5 Å². The smallest absolute Gasteiger partial charge is 0.246 e. The molecule has 1 fully saturated rings. The van der Waals surface area contributed by atoms with E-state index in [1.54, 1.807) is 23.5 Å². The number of carbonyl (C=O) groups is 1. The van der Waals surface area contributed by atoms with Gasteiger partial charge >= 0.3 is 0 Å². The average Bonchev–Trinajstić information content (AvgIpc) is 3.44. The number of amides is 1. The van der Waals surface area contributed by atoms with Gasteiger partial charge in [0.15, 0.2) is 0 Å². The topological polar surface area (TPSA) is 70.6 Å². The molecule has 7 nitrogen and oxygen atoms in total. The van der Waals surface area contributed by atoms with E-state index in [0.717, 1.165) is 53.1 Å². The van der Waals surface area contributed by atoms with Crippen molar-refractivity contribution in [1.82, 2.24) is 19.8 Å². The number of halogens is 2. The van der Waals surface area contributed by atoms with Crippen LogP contribution in [0.15, 0.2) is 36.7 Å². The van der Waals surface area contributed by atoms with E-state index >= 15 is 0 Å². The van der Waals surface area contributed by atoms with Crippen molar-refractivity contribution in [3.8, 4) is 0 Å². The number of likely N-dealkylation sites (N-methyl/N-ethyl adjacent to an activating group) is 1. The Labute approximate surface area is 218 Å². The van der Waals surface area contributed by atoms with Crippen LogP contribution in [0.3, 0.4) is 0 Å². The van der Waals surface area contributed by atoms with Gasteiger partial charge in [-0.1, -0.05) is 17.7 Å². The third kappa shape index (κ3) is 5.39. The van der Waals surface area contributed by atoms with Gasteiger partial charge in [-0.05, 0) is 57.0 Å². The molecule has 4 heterocycles. The first-order chi connectivity index (χ1) is 17.3. The molecule has 0 saturated carbocycles. The fourth-order valence-electron chi connectivity index (χ4n) is 4.96. The average molecular weight is 530 g/mol. The lowest BCUT2D eigenvalue weighted by molar-refractivity contribution is -0.126. The van der Waals surface area contributed by atoms with Crippen LogP contribution in [-0.4, -0.2) is 64.6 Å². The minimum atomic E-state index is -0.467. The van der Waals surface area contributed by atoms with Crippen molar-refractivity contribution in [3.63, 3.8) is 0 Å². The number of anilines is 2. The normalized spacial score (nSPS) is 20.0. The molecule has 1 amide bonds. The van der Waals surface area contributed by atoms with Gasteiger partial charge < -0.3 is 15.0 Å². The van der Waals surface area contributed by atoms with Crippen molar-refractivity contribution in [2.24, 2.45) is 0 Å². The highest BCUT2D eigenvalue weighted by molar-refractivity contribution is 7.19. The lowest BCUT2D eigenvalue weighted by Gasteiger charge is -2.28. The Hall–Kier alpha value is -2.59. The van der Waals surface area contributed by atoms with Crippen molar-refractivity contribution < 1.29 is 13.9 Å². The second-order valence-corrected chi connectivity index (χ2v) is 11.2. The number of fused-ring (bicyclic) bond motifs is 3. The molecule has 10 heteroatoms. The maximum atomic E-state index is 13.6. The molecule has 1 aromatic carbocycles. The first-order valence-corrected chi connectivity index (χ1v) is 13.3. The third-order valence-electron chi connectivity index (χ3n) is 6.71. The number of nitrogens with one attached hydrogen (secondary N) is 1. The fraction of sp³-hybridized carbons (Fsp3) is 0.423. The predicted molar refractivity (Wildman–Crippen MR) is 141 cm³/mol. The Morgan fingerprint density at radius 2 is 2.28 bits per heavy atom. The summed E-state index contributed by atoms with van der Waals surface area (Å²) in [6, 6.07) is 4.48. The van der Waals surface area contributed by atoms with E-state index in [4.69, 9.17) is 16.3 Å². The number of hydrogen-bond acceptors (Lipinski definition) is 7. The Bertz CT molecular complexity index is 1310. The van der Waals surface area contributed by atoms with Crippen LogP contribution in [0.25, 0.3) is 10.2 Å². The molecule has 0 spiro atoms. The summed E-state index contributed by atoms with van der Waals surface area (Å²) in [4.78, 5) is 27.8. The molecular weight excluding hydrogens is 501 g/mol. The number of ether oxygens (including phenoxy) is 1. The summed E-state index contributed by atoms with van der Waals surface area (Å²) in [5, 5.41) is 4.25. The first kappa shape index (κ1) is 25.1. The van der Waals surface area contributed by atoms with Crippen LogP contribution in [0.5, 0.6) is 0 Å². The first-order valence-electron chi connectivity index (χ1n) is 12.1. The van der Waals surface area contributed by atoms with Gasteiger partial charge in [-0.3, -0.25) is 9.69 Å². The van der Waals surface area contributed by atoms with Gasteiger partial charge in [-0.15, -0.1) is 11.3 Å². The monoisotopic (exact) mass is 529 g/mol. The molecule has 0 aliphatic carbocycles. The van der Waals surface area contributed by atoms with Gasteiger partial charge in [0.05, 0.1) is 22.6 Å². The van der Waals surface area contributed by atoms with Crippen LogP contribution in [0, 0.1) is 5.82 Å². The van der Waals surface area contributed by atoms with Crippen LogP contribution >= 0.6 is 22.9 Å². The summed E-state index contributed by atoms with van der Waals surface area (Å²) in [5.74, 6) is 0.202. The standard InChI is InChI=1S/C26H29ClFN5O2S/c1-26(9-4-12-35-26)15-32(2)10-3-5-22(34)33-11-8-18-21(14-33)36-25-23(18)24(29-16-30-25)31-17-6-7-20(28)19(27)13-17/h3,5-7,13,16H,4,8-12,14-15H2,1-2H3,(H,29,30,31)/b5-3+. The Morgan fingerprint density at radius 3 is 3.06 bits per heavy atom. The van der Waals surface area contributed by atoms with Crippen LogP contribution in [0.1, 0.15) is 30.2 Å². The number of aromatic nitrogens is 2. The van der Waals surface area contributed by atoms with Gasteiger partial charge in [0.2, 0.25) is 5.91 Å². The Balaban J connectivity index is 1.25. The van der Waals surface area contributed by atoms with E-state index < -0.39 is 5.82 Å². The number of nitrogens with zero attached hydrogens (tertiary/aromatic N) is 4. The lowest BCUT2D eigenvalue weighted by Crippen LogP contribution is -2.38. The van der Waals surface area contributed by atoms with Crippen molar-refractivity contribution >= 4 is 50.6 Å². The minimum absolute atomic E-state index is 0.0141. The zero-order valence-electron chi connectivity index (χ0n) is 20.4. The number of thiophene rings is 1. The summed E-state index contributed by atoms with van der Waals surface area (Å²) in [5.41, 5.74) is 1.72. The molecule has 1 unspecified atom stereocenters. The minimum Gasteiger partial charge on any atom is -0.374 e. The molecule has 0 radical (unpaired) electrons. The van der Waals surface area contributed by atoms with Crippen LogP contribution in [0.4, 0.5) is 15.9 Å². The summed E-state index contributed by atoms with van der Waals surface area (Å²) >= 11 is 7.52. The molecule has 1 N–H and O–H groups in total. The van der Waals surface area contributed by atoms with E-state index in [0.29, 0.717) is 31.1 Å². The summed E-state index contributed by atoms with van der Waals surface area (Å²) in [7, 11) is 2.05. The molecule has 190 valence electrons. The zero-order chi connectivity index (χ0) is 25.3. The SMILES string of the molecule is CN(C/C=C/C(=O)N1CCc2c(sc3ncnc(Nc4ccc(F)c(Cl)c4)c23)C1)CC1(C)CCCO1. The molecule has 36 heavy (non-hydrogen) atoms. The highest BCUT2D eigenvalue weighted by Crippen LogP contribution is 2.38. The number of benzene rings is 1. The van der Waals surface area contributed by atoms with Crippen molar-refractivity contribution in [2.75, 3.05) is 38.6 Å². The highest BCUT2D eigenvalue weighted by atomic mass is 35.5. The van der Waals surface area contributed by atoms with Gasteiger partial charge in [-0.2, -0.15) is 0 Å². The third-order valence-corrected chi connectivity index (χ3v) is 8.13. The van der Waals surface area contributed by atoms with E-state index in [1.165, 1.54) is 18.5 Å². The van der Waals surface area contributed by atoms with Gasteiger partial charge in [0.1, 0.15) is 22.8 Å². The lowest BCUT2D eigenvalue weighted by atomic mass is 10.0. The maximum Gasteiger partial charge on any atom is 0.246 e. The van der Waals surface area contributed by atoms with Crippen LogP contribution in [0.2, 0.25) is 5.02 Å². The molecule has 0 bridgehead atoms. The molecule has 2 aliphatic heterocycles. The van der Waals surface area contributed by atoms with Crippen molar-refractivity contribution in [1.29, 1.82) is 0 Å². The second-order valence-electron chi connectivity index (χ2n) is 9.67. The van der Waals surface area contributed by atoms with Crippen molar-refractivity contribution in [2.45, 2.75) is 38.3 Å². The number of rotatable bonds is 7. The molecule has 1 saturated heterocycles. The van der Waals surface area contributed by atoms with E-state index in [2.05, 4.69) is 34.2 Å². The van der Waals surface area contributed by atoms with Crippen LogP contribution < -0.4 is 5.32 Å². The second kappa shape index (κ2) is 10.4. The number of hydrogen-bond donors (Lipinski definition) is 1. The summed E-state index contributed by atoms with van der Waals surface area (Å²) < 4.78 is 19.4. The molecule has 2 aliphatic rings. The van der Waals surface area contributed by atoms with Gasteiger partial charge in [0, 0.05) is 42.9 Å². The largest absolute Gasteiger partial charge is 0.374 e. The summed E-state index contributed by atoms with van der Waals surface area (Å²) in [6.07, 6.45) is 8.02. The van der Waals surface area contributed by atoms with Gasteiger partial charge in [-0.25, -0.2) is 14.4 Å². The highest BCUT2D eigenvalue weighted by Gasteiger charge is 2.30. The molecule has 2 aromatic heterocycles. The van der Waals surface area contributed by atoms with E-state index in [9.17, 15) is 9.18 Å². The maximum absolute atomic E-state index is 13.6. The Kier molecular flexibility index (Phi) is 7.25. The Morgan fingerprint density at radius 1 is 1.42 bits per heavy atom. The molecule has 1 atom stereocenters. The van der Waals surface area contributed by atoms with E-state index in [1.807, 2.05) is 11.0 Å². The molecular formula is C26H29ClFN5O2S. The quantitative estimate of drug-likeness (QED) is 0.426.